The maximum Gasteiger partial charge on any atom is 0.323 e. The molecule has 7 nitrogen and oxygen atoms in total. The van der Waals surface area contributed by atoms with Crippen LogP contribution in [0.3, 0.4) is 0 Å². The molecule has 0 saturated heterocycles. The average Bonchev–Trinajstić information content (AvgIpc) is 3.19. The molecule has 1 saturated carbocycles. The number of hydrogen-bond donors (Lipinski definition) is 0. The van der Waals surface area contributed by atoms with Gasteiger partial charge in [0.25, 0.3) is 0 Å². The number of methoxy groups -OCH3 is 3. The predicted molar refractivity (Wildman–Crippen MR) is 119 cm³/mol. The third kappa shape index (κ3) is 4.40. The van der Waals surface area contributed by atoms with Gasteiger partial charge in [0, 0.05) is 17.9 Å². The quantitative estimate of drug-likeness (QED) is 0.275. The minimum Gasteiger partial charge on any atom is -0.469 e. The molecule has 2 aromatic rings. The van der Waals surface area contributed by atoms with Gasteiger partial charge in [0.1, 0.15) is 0 Å². The zero-order valence-electron chi connectivity index (χ0n) is 19.2. The summed E-state index contributed by atoms with van der Waals surface area (Å²) in [5, 5.41) is 0. The maximum atomic E-state index is 13.2. The Bertz CT molecular complexity index is 1010. The van der Waals surface area contributed by atoms with Gasteiger partial charge in [-0.2, -0.15) is 0 Å². The van der Waals surface area contributed by atoms with Crippen molar-refractivity contribution in [3.05, 3.63) is 71.3 Å². The third-order valence-corrected chi connectivity index (χ3v) is 6.53. The van der Waals surface area contributed by atoms with Crippen molar-refractivity contribution < 1.29 is 33.4 Å². The minimum absolute atomic E-state index is 0.0398. The summed E-state index contributed by atoms with van der Waals surface area (Å²) in [5.41, 5.74) is 0.310. The van der Waals surface area contributed by atoms with Gasteiger partial charge < -0.3 is 14.2 Å². The molecular weight excluding hydrogens is 424 g/mol. The first kappa shape index (κ1) is 24.2. The predicted octanol–water partition coefficient (Wildman–Crippen LogP) is 3.49. The molecule has 3 atom stereocenters. The van der Waals surface area contributed by atoms with Crippen molar-refractivity contribution in [2.75, 3.05) is 21.3 Å². The highest BCUT2D eigenvalue weighted by Crippen LogP contribution is 2.58. The van der Waals surface area contributed by atoms with Crippen LogP contribution >= 0.6 is 0 Å². The van der Waals surface area contributed by atoms with Crippen LogP contribution in [-0.2, 0) is 28.6 Å². The Morgan fingerprint density at radius 2 is 1.42 bits per heavy atom. The number of benzene rings is 2. The van der Waals surface area contributed by atoms with Crippen LogP contribution in [0.15, 0.2) is 54.6 Å². The van der Waals surface area contributed by atoms with E-state index in [-0.39, 0.29) is 18.6 Å². The van der Waals surface area contributed by atoms with E-state index in [0.717, 1.165) is 5.56 Å². The van der Waals surface area contributed by atoms with Crippen molar-refractivity contribution >= 4 is 23.7 Å². The van der Waals surface area contributed by atoms with Gasteiger partial charge in [-0.05, 0) is 24.8 Å². The fourth-order valence-corrected chi connectivity index (χ4v) is 5.03. The van der Waals surface area contributed by atoms with E-state index in [4.69, 9.17) is 14.2 Å². The van der Waals surface area contributed by atoms with Crippen LogP contribution in [-0.4, -0.2) is 45.0 Å². The molecule has 1 aliphatic carbocycles. The van der Waals surface area contributed by atoms with E-state index in [0.29, 0.717) is 11.1 Å². The summed E-state index contributed by atoms with van der Waals surface area (Å²) in [4.78, 5) is 52.5. The second-order valence-corrected chi connectivity index (χ2v) is 8.35. The minimum atomic E-state index is -1.79. The molecule has 0 spiro atoms. The number of hydrogen-bond acceptors (Lipinski definition) is 7. The highest BCUT2D eigenvalue weighted by atomic mass is 16.5. The molecule has 1 fully saturated rings. The molecule has 1 aliphatic rings. The molecule has 7 heteroatoms. The SMILES string of the molecule is COC(=O)[C@@H]1[C@H](CC(=O)c2ccc(C)cc2)CC(C(=O)OC)(C(=O)OC)[C@H]1c1ccccc1. The smallest absolute Gasteiger partial charge is 0.323 e. The summed E-state index contributed by atoms with van der Waals surface area (Å²) in [7, 11) is 3.62. The molecule has 0 aliphatic heterocycles. The van der Waals surface area contributed by atoms with Crippen molar-refractivity contribution in [2.45, 2.75) is 25.7 Å². The van der Waals surface area contributed by atoms with Crippen LogP contribution in [0.5, 0.6) is 0 Å². The topological polar surface area (TPSA) is 96.0 Å². The Balaban J connectivity index is 2.14. The lowest BCUT2D eigenvalue weighted by Crippen LogP contribution is -2.45. The van der Waals surface area contributed by atoms with E-state index in [1.807, 2.05) is 19.1 Å². The first-order valence-electron chi connectivity index (χ1n) is 10.7. The molecule has 0 aromatic heterocycles. The molecule has 0 radical (unpaired) electrons. The highest BCUT2D eigenvalue weighted by molar-refractivity contribution is 6.03. The summed E-state index contributed by atoms with van der Waals surface area (Å²) in [6.45, 7) is 1.92. The second kappa shape index (κ2) is 9.98. The Labute approximate surface area is 193 Å². The fourth-order valence-electron chi connectivity index (χ4n) is 5.03. The van der Waals surface area contributed by atoms with Crippen LogP contribution < -0.4 is 0 Å². The standard InChI is InChI=1S/C26H28O7/c1-16-10-12-17(13-11-16)20(27)14-19-15-26(24(29)32-3,25(30)33-4)22(21(19)23(28)31-2)18-8-6-5-7-9-18/h5-13,19,21-22H,14-15H2,1-4H3/t19-,21-,22+/m1/s1. The Kier molecular flexibility index (Phi) is 7.31. The number of aryl methyl sites for hydroxylation is 1. The Hall–Kier alpha value is -3.48. The number of carbonyl (C=O) groups excluding carboxylic acids is 4. The van der Waals surface area contributed by atoms with E-state index >= 15 is 0 Å². The molecular formula is C26H28O7. The van der Waals surface area contributed by atoms with Crippen LogP contribution in [0.2, 0.25) is 0 Å². The van der Waals surface area contributed by atoms with Gasteiger partial charge in [-0.25, -0.2) is 0 Å². The van der Waals surface area contributed by atoms with Crippen LogP contribution in [0.1, 0.15) is 40.2 Å². The fraction of sp³-hybridized carbons (Fsp3) is 0.385. The molecule has 0 unspecified atom stereocenters. The summed E-state index contributed by atoms with van der Waals surface area (Å²) < 4.78 is 15.2. The monoisotopic (exact) mass is 452 g/mol. The number of rotatable bonds is 7. The molecule has 33 heavy (non-hydrogen) atoms. The zero-order valence-corrected chi connectivity index (χ0v) is 19.2. The Morgan fingerprint density at radius 1 is 0.848 bits per heavy atom. The lowest BCUT2D eigenvalue weighted by atomic mass is 9.71. The number of carbonyl (C=O) groups is 4. The molecule has 0 amide bonds. The summed E-state index contributed by atoms with van der Waals surface area (Å²) >= 11 is 0. The lowest BCUT2D eigenvalue weighted by Gasteiger charge is -2.32. The molecule has 2 aromatic carbocycles. The summed E-state index contributed by atoms with van der Waals surface area (Å²) in [6, 6.07) is 15.9. The van der Waals surface area contributed by atoms with E-state index in [1.54, 1.807) is 42.5 Å². The van der Waals surface area contributed by atoms with E-state index in [9.17, 15) is 19.2 Å². The molecule has 0 N–H and O–H groups in total. The molecule has 0 bridgehead atoms. The van der Waals surface area contributed by atoms with Crippen molar-refractivity contribution in [1.82, 2.24) is 0 Å². The molecule has 0 heterocycles. The summed E-state index contributed by atoms with van der Waals surface area (Å²) in [6.07, 6.45) is -0.120. The van der Waals surface area contributed by atoms with Crippen molar-refractivity contribution in [3.8, 4) is 0 Å². The molecule has 174 valence electrons. The van der Waals surface area contributed by atoms with Crippen molar-refractivity contribution in [3.63, 3.8) is 0 Å². The third-order valence-electron chi connectivity index (χ3n) is 6.53. The van der Waals surface area contributed by atoms with Gasteiger partial charge in [0.15, 0.2) is 11.2 Å². The summed E-state index contributed by atoms with van der Waals surface area (Å²) in [5.74, 6) is -4.88. The van der Waals surface area contributed by atoms with E-state index < -0.39 is 41.1 Å². The first-order chi connectivity index (χ1) is 15.8. The van der Waals surface area contributed by atoms with E-state index in [1.165, 1.54) is 21.3 Å². The largest absolute Gasteiger partial charge is 0.469 e. The van der Waals surface area contributed by atoms with Crippen molar-refractivity contribution in [1.29, 1.82) is 0 Å². The number of Topliss-reactive ketones (excluding diaryl/α,β-unsaturated/α-hetero) is 1. The van der Waals surface area contributed by atoms with Crippen LogP contribution in [0.25, 0.3) is 0 Å². The lowest BCUT2D eigenvalue weighted by molar-refractivity contribution is -0.170. The van der Waals surface area contributed by atoms with Crippen LogP contribution in [0, 0.1) is 24.2 Å². The van der Waals surface area contributed by atoms with Gasteiger partial charge in [-0.3, -0.25) is 19.2 Å². The number of ketones is 1. The first-order valence-corrected chi connectivity index (χ1v) is 10.7. The van der Waals surface area contributed by atoms with Gasteiger partial charge >= 0.3 is 17.9 Å². The number of esters is 3. The zero-order chi connectivity index (χ0) is 24.2. The van der Waals surface area contributed by atoms with Crippen molar-refractivity contribution in [2.24, 2.45) is 17.3 Å². The normalized spacial score (nSPS) is 21.2. The van der Waals surface area contributed by atoms with Crippen LogP contribution in [0.4, 0.5) is 0 Å². The number of ether oxygens (including phenoxy) is 3. The van der Waals surface area contributed by atoms with Gasteiger partial charge in [0.05, 0.1) is 27.2 Å². The molecule has 3 rings (SSSR count). The Morgan fingerprint density at radius 3 is 1.94 bits per heavy atom. The van der Waals surface area contributed by atoms with Gasteiger partial charge in [0.2, 0.25) is 0 Å². The average molecular weight is 453 g/mol. The maximum absolute atomic E-state index is 13.2. The van der Waals surface area contributed by atoms with Gasteiger partial charge in [-0.15, -0.1) is 0 Å². The highest BCUT2D eigenvalue weighted by Gasteiger charge is 2.66. The second-order valence-electron chi connectivity index (χ2n) is 8.35. The van der Waals surface area contributed by atoms with Gasteiger partial charge in [-0.1, -0.05) is 60.2 Å². The van der Waals surface area contributed by atoms with E-state index in [2.05, 4.69) is 0 Å².